The number of nitrogens with one attached hydrogen (secondary N) is 1. The Kier molecular flexibility index (Phi) is 8.91. The maximum atomic E-state index is 11.4. The van der Waals surface area contributed by atoms with Crippen molar-refractivity contribution in [3.8, 4) is 0 Å². The van der Waals surface area contributed by atoms with Gasteiger partial charge in [0.05, 0.1) is 7.11 Å². The zero-order chi connectivity index (χ0) is 11.7. The maximum Gasteiger partial charge on any atom is 0.323 e. The molecule has 15 heavy (non-hydrogen) atoms. The fourth-order valence-electron chi connectivity index (χ4n) is 1.05. The molecule has 0 aliphatic rings. The van der Waals surface area contributed by atoms with Crippen LogP contribution in [0.25, 0.3) is 0 Å². The van der Waals surface area contributed by atoms with E-state index in [1.54, 1.807) is 0 Å². The summed E-state index contributed by atoms with van der Waals surface area (Å²) in [5.41, 5.74) is 0. The van der Waals surface area contributed by atoms with Crippen LogP contribution in [-0.4, -0.2) is 36.7 Å². The van der Waals surface area contributed by atoms with E-state index in [1.165, 1.54) is 7.11 Å². The molecule has 0 aromatic rings. The molecule has 0 fully saturated rings. The van der Waals surface area contributed by atoms with Crippen molar-refractivity contribution in [3.63, 3.8) is 0 Å². The molecular formula is C11H23NO2S. The van der Waals surface area contributed by atoms with Gasteiger partial charge in [0.25, 0.3) is 0 Å². The first kappa shape index (κ1) is 14.8. The monoisotopic (exact) mass is 233 g/mol. The van der Waals surface area contributed by atoms with Gasteiger partial charge < -0.3 is 10.1 Å². The van der Waals surface area contributed by atoms with E-state index in [9.17, 15) is 4.79 Å². The van der Waals surface area contributed by atoms with E-state index < -0.39 is 0 Å². The number of thioether (sulfide) groups is 1. The van der Waals surface area contributed by atoms with E-state index in [2.05, 4.69) is 26.1 Å². The first-order chi connectivity index (χ1) is 7.15. The third-order valence-corrected chi connectivity index (χ3v) is 3.68. The zero-order valence-electron chi connectivity index (χ0n) is 10.2. The average molecular weight is 233 g/mol. The normalized spacial score (nSPS) is 14.7. The summed E-state index contributed by atoms with van der Waals surface area (Å²) in [7, 11) is 1.44. The zero-order valence-corrected chi connectivity index (χ0v) is 11.0. The lowest BCUT2D eigenvalue weighted by Crippen LogP contribution is -2.40. The molecule has 1 N–H and O–H groups in total. The Bertz CT molecular complexity index is 176. The van der Waals surface area contributed by atoms with Crippen molar-refractivity contribution in [1.29, 1.82) is 0 Å². The van der Waals surface area contributed by atoms with Crippen LogP contribution in [0.1, 0.15) is 33.6 Å². The molecule has 3 nitrogen and oxygen atoms in total. The quantitative estimate of drug-likeness (QED) is 0.651. The number of hydrogen-bond acceptors (Lipinski definition) is 4. The van der Waals surface area contributed by atoms with Gasteiger partial charge in [-0.05, 0) is 19.4 Å². The highest BCUT2D eigenvalue weighted by molar-refractivity contribution is 7.99. The van der Waals surface area contributed by atoms with E-state index in [4.69, 9.17) is 4.74 Å². The van der Waals surface area contributed by atoms with Crippen molar-refractivity contribution in [1.82, 2.24) is 5.32 Å². The minimum atomic E-state index is -0.158. The molecule has 0 aliphatic heterocycles. The third kappa shape index (κ3) is 6.79. The van der Waals surface area contributed by atoms with Crippen molar-refractivity contribution >= 4 is 17.7 Å². The molecule has 0 saturated carbocycles. The number of esters is 1. The average Bonchev–Trinajstić information content (AvgIpc) is 2.27. The molecule has 4 heteroatoms. The lowest BCUT2D eigenvalue weighted by atomic mass is 10.3. The van der Waals surface area contributed by atoms with E-state index in [0.29, 0.717) is 5.25 Å². The molecule has 0 heterocycles. The summed E-state index contributed by atoms with van der Waals surface area (Å²) in [5.74, 6) is 0.640. The van der Waals surface area contributed by atoms with Gasteiger partial charge in [-0.25, -0.2) is 0 Å². The third-order valence-electron chi connectivity index (χ3n) is 2.25. The van der Waals surface area contributed by atoms with Gasteiger partial charge in [-0.1, -0.05) is 20.8 Å². The molecule has 0 bridgehead atoms. The van der Waals surface area contributed by atoms with E-state index in [-0.39, 0.29) is 12.0 Å². The van der Waals surface area contributed by atoms with Crippen molar-refractivity contribution in [2.45, 2.75) is 44.9 Å². The van der Waals surface area contributed by atoms with E-state index in [1.807, 2.05) is 11.8 Å². The van der Waals surface area contributed by atoms with Crippen LogP contribution >= 0.6 is 11.8 Å². The molecule has 0 aliphatic carbocycles. The van der Waals surface area contributed by atoms with Crippen LogP contribution in [0.3, 0.4) is 0 Å². The Morgan fingerprint density at radius 2 is 2.13 bits per heavy atom. The number of carbonyl (C=O) groups excluding carboxylic acids is 1. The Hall–Kier alpha value is -0.220. The van der Waals surface area contributed by atoms with Gasteiger partial charge in [-0.2, -0.15) is 11.8 Å². The van der Waals surface area contributed by atoms with Crippen LogP contribution in [-0.2, 0) is 9.53 Å². The summed E-state index contributed by atoms with van der Waals surface area (Å²) in [6.45, 7) is 7.28. The first-order valence-corrected chi connectivity index (χ1v) is 6.63. The second kappa shape index (κ2) is 9.04. The van der Waals surface area contributed by atoms with E-state index in [0.717, 1.165) is 25.1 Å². The van der Waals surface area contributed by atoms with Crippen LogP contribution in [0.4, 0.5) is 0 Å². The molecule has 0 amide bonds. The Balaban J connectivity index is 3.95. The number of rotatable bonds is 8. The standard InChI is InChI=1S/C11H23NO2S/c1-5-7-12-10(11(13)14-4)8-15-9(3)6-2/h9-10,12H,5-8H2,1-4H3. The fourth-order valence-corrected chi connectivity index (χ4v) is 2.06. The molecule has 0 rings (SSSR count). The summed E-state index contributed by atoms with van der Waals surface area (Å²) in [6.07, 6.45) is 2.16. The topological polar surface area (TPSA) is 38.3 Å². The molecule has 90 valence electrons. The number of carbonyl (C=O) groups is 1. The van der Waals surface area contributed by atoms with Gasteiger partial charge in [0, 0.05) is 11.0 Å². The van der Waals surface area contributed by atoms with Crippen molar-refractivity contribution in [2.24, 2.45) is 0 Å². The minimum Gasteiger partial charge on any atom is -0.468 e. The summed E-state index contributed by atoms with van der Waals surface area (Å²) in [6, 6.07) is -0.158. The van der Waals surface area contributed by atoms with Gasteiger partial charge in [0.15, 0.2) is 0 Å². The Morgan fingerprint density at radius 3 is 2.60 bits per heavy atom. The van der Waals surface area contributed by atoms with Gasteiger partial charge in [-0.3, -0.25) is 4.79 Å². The molecule has 2 atom stereocenters. The van der Waals surface area contributed by atoms with Crippen LogP contribution in [0, 0.1) is 0 Å². The largest absolute Gasteiger partial charge is 0.468 e. The van der Waals surface area contributed by atoms with Gasteiger partial charge in [-0.15, -0.1) is 0 Å². The number of ether oxygens (including phenoxy) is 1. The van der Waals surface area contributed by atoms with E-state index >= 15 is 0 Å². The SMILES string of the molecule is CCCNC(CSC(C)CC)C(=O)OC. The Morgan fingerprint density at radius 1 is 1.47 bits per heavy atom. The first-order valence-electron chi connectivity index (χ1n) is 5.58. The van der Waals surface area contributed by atoms with Gasteiger partial charge >= 0.3 is 5.97 Å². The van der Waals surface area contributed by atoms with Crippen molar-refractivity contribution in [3.05, 3.63) is 0 Å². The summed E-state index contributed by atoms with van der Waals surface area (Å²) in [4.78, 5) is 11.4. The molecular weight excluding hydrogens is 210 g/mol. The predicted octanol–water partition coefficient (Wildman–Crippen LogP) is 2.06. The molecule has 2 unspecified atom stereocenters. The van der Waals surface area contributed by atoms with Crippen LogP contribution < -0.4 is 5.32 Å². The van der Waals surface area contributed by atoms with Crippen LogP contribution in [0.5, 0.6) is 0 Å². The van der Waals surface area contributed by atoms with Gasteiger partial charge in [0.1, 0.15) is 6.04 Å². The molecule has 0 aromatic carbocycles. The maximum absolute atomic E-state index is 11.4. The van der Waals surface area contributed by atoms with Crippen LogP contribution in [0.2, 0.25) is 0 Å². The lowest BCUT2D eigenvalue weighted by Gasteiger charge is -2.17. The second-order valence-electron chi connectivity index (χ2n) is 3.58. The molecule has 0 aromatic heterocycles. The minimum absolute atomic E-state index is 0.153. The summed E-state index contributed by atoms with van der Waals surface area (Å²) in [5, 5.41) is 3.80. The van der Waals surface area contributed by atoms with Crippen molar-refractivity contribution in [2.75, 3.05) is 19.4 Å². The smallest absolute Gasteiger partial charge is 0.323 e. The second-order valence-corrected chi connectivity index (χ2v) is 5.05. The van der Waals surface area contributed by atoms with Gasteiger partial charge in [0.2, 0.25) is 0 Å². The Labute approximate surface area is 97.3 Å². The van der Waals surface area contributed by atoms with Crippen LogP contribution in [0.15, 0.2) is 0 Å². The highest BCUT2D eigenvalue weighted by atomic mass is 32.2. The lowest BCUT2D eigenvalue weighted by molar-refractivity contribution is -0.142. The fraction of sp³-hybridized carbons (Fsp3) is 0.909. The molecule has 0 saturated heterocycles. The van der Waals surface area contributed by atoms with Crippen molar-refractivity contribution < 1.29 is 9.53 Å². The highest BCUT2D eigenvalue weighted by Gasteiger charge is 2.18. The summed E-state index contributed by atoms with van der Waals surface area (Å²) >= 11 is 1.82. The number of methoxy groups -OCH3 is 1. The molecule has 0 spiro atoms. The molecule has 0 radical (unpaired) electrons. The summed E-state index contributed by atoms with van der Waals surface area (Å²) < 4.78 is 4.76. The number of hydrogen-bond donors (Lipinski definition) is 1. The predicted molar refractivity (Wildman–Crippen MR) is 66.3 cm³/mol. The highest BCUT2D eigenvalue weighted by Crippen LogP contribution is 2.15.